The summed E-state index contributed by atoms with van der Waals surface area (Å²) in [5, 5.41) is 0. The van der Waals surface area contributed by atoms with Gasteiger partial charge >= 0.3 is 0 Å². The fourth-order valence-electron chi connectivity index (χ4n) is 4.33. The van der Waals surface area contributed by atoms with E-state index in [1.807, 2.05) is 13.0 Å². The third kappa shape index (κ3) is 3.33. The van der Waals surface area contributed by atoms with Crippen LogP contribution in [0, 0.1) is 17.7 Å². The number of benzene rings is 2. The standard InChI is InChI=1S/C22H20BrFO3/c1-2-12-5-7-16(27-19-8-6-15(23)10-18(19)24)11-17(12)20-21(25)13-3-4-14(9-13)22(20)26/h5-8,10-11,13-14,20H,2-4,9H2,1H3. The Kier molecular flexibility index (Phi) is 4.89. The molecule has 0 aromatic heterocycles. The molecule has 3 nitrogen and oxygen atoms in total. The summed E-state index contributed by atoms with van der Waals surface area (Å²) in [5.74, 6) is -0.577. The summed E-state index contributed by atoms with van der Waals surface area (Å²) in [6.45, 7) is 2.00. The number of ether oxygens (including phenoxy) is 1. The Balaban J connectivity index is 1.71. The van der Waals surface area contributed by atoms with Crippen molar-refractivity contribution in [1.82, 2.24) is 0 Å². The van der Waals surface area contributed by atoms with E-state index in [0.29, 0.717) is 23.1 Å². The minimum Gasteiger partial charge on any atom is -0.454 e. The fourth-order valence-corrected chi connectivity index (χ4v) is 4.66. The minimum atomic E-state index is -0.704. The van der Waals surface area contributed by atoms with Gasteiger partial charge in [-0.3, -0.25) is 9.59 Å². The molecule has 0 spiro atoms. The van der Waals surface area contributed by atoms with Gasteiger partial charge in [0.2, 0.25) is 0 Å². The lowest BCUT2D eigenvalue weighted by Gasteiger charge is -2.27. The molecule has 2 unspecified atom stereocenters. The molecule has 4 rings (SSSR count). The van der Waals surface area contributed by atoms with E-state index in [4.69, 9.17) is 4.74 Å². The van der Waals surface area contributed by atoms with Crippen molar-refractivity contribution in [2.24, 2.45) is 11.8 Å². The third-order valence-corrected chi connectivity index (χ3v) is 6.23. The van der Waals surface area contributed by atoms with Gasteiger partial charge in [0.05, 0.1) is 0 Å². The molecule has 2 aliphatic carbocycles. The van der Waals surface area contributed by atoms with Crippen LogP contribution >= 0.6 is 15.9 Å². The third-order valence-electron chi connectivity index (χ3n) is 5.74. The van der Waals surface area contributed by atoms with Gasteiger partial charge in [-0.2, -0.15) is 0 Å². The zero-order chi connectivity index (χ0) is 19.1. The van der Waals surface area contributed by atoms with E-state index in [-0.39, 0.29) is 29.2 Å². The first-order valence-corrected chi connectivity index (χ1v) is 10.1. The first kappa shape index (κ1) is 18.4. The summed E-state index contributed by atoms with van der Waals surface area (Å²) in [4.78, 5) is 25.8. The quantitative estimate of drug-likeness (QED) is 0.593. The highest BCUT2D eigenvalue weighted by atomic mass is 79.9. The molecule has 2 aliphatic rings. The maximum atomic E-state index is 14.1. The molecule has 0 N–H and O–H groups in total. The van der Waals surface area contributed by atoms with E-state index in [1.165, 1.54) is 6.07 Å². The van der Waals surface area contributed by atoms with Gasteiger partial charge in [0, 0.05) is 16.3 Å². The number of carbonyl (C=O) groups is 2. The Morgan fingerprint density at radius 2 is 1.78 bits per heavy atom. The van der Waals surface area contributed by atoms with E-state index in [1.54, 1.807) is 24.3 Å². The molecule has 0 saturated heterocycles. The van der Waals surface area contributed by atoms with Crippen LogP contribution in [-0.4, -0.2) is 11.6 Å². The molecule has 2 aromatic carbocycles. The first-order chi connectivity index (χ1) is 13.0. The molecular weight excluding hydrogens is 411 g/mol. The predicted octanol–water partition coefficient (Wildman–Crippen LogP) is 5.59. The van der Waals surface area contributed by atoms with Crippen molar-refractivity contribution in [2.75, 3.05) is 0 Å². The number of aryl methyl sites for hydroxylation is 1. The summed E-state index contributed by atoms with van der Waals surface area (Å²) in [5.41, 5.74) is 1.69. The predicted molar refractivity (Wildman–Crippen MR) is 104 cm³/mol. The molecule has 0 aliphatic heterocycles. The zero-order valence-electron chi connectivity index (χ0n) is 15.0. The zero-order valence-corrected chi connectivity index (χ0v) is 16.6. The molecule has 2 bridgehead atoms. The lowest BCUT2D eigenvalue weighted by atomic mass is 9.74. The van der Waals surface area contributed by atoms with Gasteiger partial charge in [0.1, 0.15) is 11.7 Å². The molecular formula is C22H20BrFO3. The monoisotopic (exact) mass is 430 g/mol. The number of rotatable bonds is 4. The summed E-state index contributed by atoms with van der Waals surface area (Å²) in [6.07, 6.45) is 3.05. The van der Waals surface area contributed by atoms with Gasteiger partial charge < -0.3 is 4.74 Å². The van der Waals surface area contributed by atoms with Gasteiger partial charge in [-0.05, 0) is 67.1 Å². The number of ketones is 2. The van der Waals surface area contributed by atoms with Crippen LogP contribution in [0.1, 0.15) is 43.2 Å². The number of fused-ring (bicyclic) bond motifs is 2. The Hall–Kier alpha value is -2.01. The van der Waals surface area contributed by atoms with Crippen LogP contribution in [0.25, 0.3) is 0 Å². The van der Waals surface area contributed by atoms with Crippen LogP contribution in [-0.2, 0) is 16.0 Å². The first-order valence-electron chi connectivity index (χ1n) is 9.31. The maximum absolute atomic E-state index is 14.1. The second-order valence-electron chi connectivity index (χ2n) is 7.34. The van der Waals surface area contributed by atoms with E-state index < -0.39 is 11.7 Å². The van der Waals surface area contributed by atoms with E-state index in [9.17, 15) is 14.0 Å². The highest BCUT2D eigenvalue weighted by Crippen LogP contribution is 2.45. The van der Waals surface area contributed by atoms with E-state index >= 15 is 0 Å². The molecule has 0 radical (unpaired) electrons. The summed E-state index contributed by atoms with van der Waals surface area (Å²) in [6, 6.07) is 9.96. The number of hydrogen-bond acceptors (Lipinski definition) is 3. The van der Waals surface area contributed by atoms with Crippen molar-refractivity contribution < 1.29 is 18.7 Å². The van der Waals surface area contributed by atoms with Gasteiger partial charge in [0.25, 0.3) is 0 Å². The molecule has 0 amide bonds. The highest BCUT2D eigenvalue weighted by molar-refractivity contribution is 9.10. The Bertz CT molecular complexity index is 902. The number of Topliss-reactive ketones (excluding diaryl/α,β-unsaturated/α-hetero) is 2. The molecule has 0 heterocycles. The van der Waals surface area contributed by atoms with Crippen molar-refractivity contribution in [3.8, 4) is 11.5 Å². The molecule has 5 heteroatoms. The number of hydrogen-bond donors (Lipinski definition) is 0. The summed E-state index contributed by atoms with van der Waals surface area (Å²) in [7, 11) is 0. The normalized spacial score (nSPS) is 24.3. The number of halogens is 2. The van der Waals surface area contributed by atoms with E-state index in [0.717, 1.165) is 24.0 Å². The van der Waals surface area contributed by atoms with Crippen molar-refractivity contribution in [1.29, 1.82) is 0 Å². The minimum absolute atomic E-state index is 0.00380. The fraction of sp³-hybridized carbons (Fsp3) is 0.364. The molecule has 2 fully saturated rings. The lowest BCUT2D eigenvalue weighted by Crippen LogP contribution is -2.35. The summed E-state index contributed by atoms with van der Waals surface area (Å²) < 4.78 is 20.5. The van der Waals surface area contributed by atoms with Crippen molar-refractivity contribution >= 4 is 27.5 Å². The molecule has 2 atom stereocenters. The highest BCUT2D eigenvalue weighted by Gasteiger charge is 2.47. The molecule has 140 valence electrons. The van der Waals surface area contributed by atoms with Crippen molar-refractivity contribution in [2.45, 2.75) is 38.5 Å². The average molecular weight is 431 g/mol. The van der Waals surface area contributed by atoms with Gasteiger partial charge in [-0.1, -0.05) is 28.9 Å². The molecule has 27 heavy (non-hydrogen) atoms. The number of carbonyl (C=O) groups excluding carboxylic acids is 2. The Morgan fingerprint density at radius 3 is 2.41 bits per heavy atom. The topological polar surface area (TPSA) is 43.4 Å². The SMILES string of the molecule is CCc1ccc(Oc2ccc(Br)cc2F)cc1C1C(=O)C2CCC(C2)C1=O. The van der Waals surface area contributed by atoms with E-state index in [2.05, 4.69) is 15.9 Å². The van der Waals surface area contributed by atoms with Gasteiger partial charge in [0.15, 0.2) is 23.1 Å². The van der Waals surface area contributed by atoms with Gasteiger partial charge in [-0.15, -0.1) is 0 Å². The maximum Gasteiger partial charge on any atom is 0.166 e. The van der Waals surface area contributed by atoms with Crippen LogP contribution in [0.3, 0.4) is 0 Å². The van der Waals surface area contributed by atoms with Crippen molar-refractivity contribution in [3.63, 3.8) is 0 Å². The van der Waals surface area contributed by atoms with Crippen molar-refractivity contribution in [3.05, 3.63) is 57.8 Å². The Morgan fingerprint density at radius 1 is 1.07 bits per heavy atom. The molecule has 2 aromatic rings. The smallest absolute Gasteiger partial charge is 0.166 e. The van der Waals surface area contributed by atoms with Crippen LogP contribution in [0.5, 0.6) is 11.5 Å². The second-order valence-corrected chi connectivity index (χ2v) is 8.25. The second kappa shape index (κ2) is 7.19. The Labute approximate surface area is 166 Å². The van der Waals surface area contributed by atoms with Crippen LogP contribution < -0.4 is 4.74 Å². The lowest BCUT2D eigenvalue weighted by molar-refractivity contribution is -0.135. The van der Waals surface area contributed by atoms with Crippen LogP contribution in [0.2, 0.25) is 0 Å². The molecule has 2 saturated carbocycles. The van der Waals surface area contributed by atoms with Crippen LogP contribution in [0.4, 0.5) is 4.39 Å². The summed E-state index contributed by atoms with van der Waals surface area (Å²) >= 11 is 3.22. The van der Waals surface area contributed by atoms with Crippen LogP contribution in [0.15, 0.2) is 40.9 Å². The van der Waals surface area contributed by atoms with Gasteiger partial charge in [-0.25, -0.2) is 4.39 Å². The largest absolute Gasteiger partial charge is 0.454 e. The average Bonchev–Trinajstić information content (AvgIpc) is 3.10.